The molecular weight excluding hydrogens is 987 g/mol. The second kappa shape index (κ2) is 22.5. The number of carbonyl (C=O) groups is 1. The third-order valence-corrected chi connectivity index (χ3v) is 16.0. The van der Waals surface area contributed by atoms with Crippen LogP contribution in [0.25, 0.3) is 31.8 Å². The summed E-state index contributed by atoms with van der Waals surface area (Å²) in [6, 6.07) is 13.3. The minimum absolute atomic E-state index is 0.0262. The zero-order valence-corrected chi connectivity index (χ0v) is 42.7. The topological polar surface area (TPSA) is 160 Å². The molecule has 1 aliphatic carbocycles. The molecule has 1 saturated carbocycles. The quantitative estimate of drug-likeness (QED) is 0.131. The van der Waals surface area contributed by atoms with Crippen molar-refractivity contribution in [2.24, 2.45) is 0 Å². The Morgan fingerprint density at radius 1 is 0.903 bits per heavy atom. The molecule has 5 aliphatic rings. The number of benzene rings is 3. The van der Waals surface area contributed by atoms with E-state index in [2.05, 4.69) is 31.8 Å². The van der Waals surface area contributed by atoms with Crippen molar-refractivity contribution in [2.75, 3.05) is 72.8 Å². The summed E-state index contributed by atoms with van der Waals surface area (Å²) in [7, 11) is 2.11. The molecule has 7 heterocycles. The minimum Gasteiger partial charge on any atom is -0.490 e. The van der Waals surface area contributed by atoms with E-state index in [0.717, 1.165) is 57.7 Å². The molecule has 0 amide bonds. The number of hydrogen-bond donors (Lipinski definition) is 1. The normalized spacial score (nSPS) is 22.2. The summed E-state index contributed by atoms with van der Waals surface area (Å²) in [4.78, 5) is 38.1. The van der Waals surface area contributed by atoms with Gasteiger partial charge in [0, 0.05) is 67.3 Å². The SMILES string of the molecule is Cc1c(Cl)c2c(Cl)c(C)c1-c1c(-c3ccc(F)cc3)sc3ncnc(c13)OC(C(=O)O)Cc1cc(ccc1OCc1ccnc([C@H]3CC[C@H](OC[C@@H]4COCCO4)CC3)n1)OC[C@@H](CN1CCN(C)CC1)O2. The number of carboxylic acid groups (broad SMARTS) is 1. The van der Waals surface area contributed by atoms with E-state index in [1.165, 1.54) is 29.8 Å². The first-order valence-electron chi connectivity index (χ1n) is 24.5. The number of aliphatic carboxylic acids is 1. The van der Waals surface area contributed by atoms with E-state index in [4.69, 9.17) is 61.3 Å². The van der Waals surface area contributed by atoms with Crippen molar-refractivity contribution in [3.05, 3.63) is 105 Å². The average molecular weight is 1040 g/mol. The highest BCUT2D eigenvalue weighted by Gasteiger charge is 2.33. The lowest BCUT2D eigenvalue weighted by molar-refractivity contribution is -0.145. The molecule has 4 bridgehead atoms. The number of fused-ring (bicyclic) bond motifs is 7. The van der Waals surface area contributed by atoms with Crippen molar-refractivity contribution in [1.29, 1.82) is 0 Å². The molecule has 0 radical (unpaired) electrons. The first kappa shape index (κ1) is 50.3. The highest BCUT2D eigenvalue weighted by Crippen LogP contribution is 2.53. The van der Waals surface area contributed by atoms with E-state index in [1.54, 1.807) is 36.5 Å². The fraction of sp³-hybridized carbons (Fsp3) is 0.453. The highest BCUT2D eigenvalue weighted by molar-refractivity contribution is 7.22. The number of ether oxygens (including phenoxy) is 7. The maximum Gasteiger partial charge on any atom is 0.345 e. The molecule has 3 fully saturated rings. The van der Waals surface area contributed by atoms with Crippen LogP contribution in [0.15, 0.2) is 61.1 Å². The molecule has 72 heavy (non-hydrogen) atoms. The lowest BCUT2D eigenvalue weighted by Crippen LogP contribution is -2.49. The number of halogens is 3. The lowest BCUT2D eigenvalue weighted by atomic mass is 9.86. The van der Waals surface area contributed by atoms with Gasteiger partial charge in [-0.25, -0.2) is 29.1 Å². The van der Waals surface area contributed by atoms with Gasteiger partial charge in [-0.2, -0.15) is 0 Å². The summed E-state index contributed by atoms with van der Waals surface area (Å²) in [5, 5.41) is 12.0. The Balaban J connectivity index is 0.984. The number of hydrogen-bond acceptors (Lipinski definition) is 15. The van der Waals surface area contributed by atoms with Crippen molar-refractivity contribution < 1.29 is 47.4 Å². The average Bonchev–Trinajstić information content (AvgIpc) is 3.78. The molecule has 2 saturated heterocycles. The second-order valence-electron chi connectivity index (χ2n) is 18.9. The largest absolute Gasteiger partial charge is 0.490 e. The van der Waals surface area contributed by atoms with Gasteiger partial charge in [-0.1, -0.05) is 35.3 Å². The van der Waals surface area contributed by atoms with Gasteiger partial charge in [0.05, 0.1) is 53.7 Å². The Morgan fingerprint density at radius 3 is 2.42 bits per heavy atom. The standard InChI is InChI=1S/C53H57Cl2FN6O9S/c1-30-43-31(2)47(55)48(46(30)54)70-39(24-62-18-16-61(3)17-19-62)27-68-38-12-13-41(69-25-36-14-15-57-50(60-36)33-6-10-37(11-7-33)67-28-40-26-65-20-21-66-40)34(22-38)23-42(53(63)64)71-51-45-44(43)49(72-52(45)59-29-58-51)32-4-8-35(56)9-5-32/h4-5,8-9,12-15,22,29,33,37,39-40,42H,6-7,10-11,16-21,23-28H2,1-3H3,(H,63,64)/t33-,37-,39-,40+,42?/m1/s1. The number of rotatable bonds is 11. The van der Waals surface area contributed by atoms with Crippen molar-refractivity contribution in [3.63, 3.8) is 0 Å². The molecule has 0 spiro atoms. The first-order chi connectivity index (χ1) is 34.9. The summed E-state index contributed by atoms with van der Waals surface area (Å²) in [5.41, 5.74) is 4.49. The number of aromatic nitrogens is 4. The van der Waals surface area contributed by atoms with Crippen LogP contribution in [0.5, 0.6) is 23.1 Å². The molecule has 15 nitrogen and oxygen atoms in total. The van der Waals surface area contributed by atoms with E-state index in [9.17, 15) is 14.3 Å². The monoisotopic (exact) mass is 1040 g/mol. The van der Waals surface area contributed by atoms with Crippen LogP contribution in [-0.2, 0) is 32.0 Å². The molecular formula is C53H57Cl2FN6O9S. The lowest BCUT2D eigenvalue weighted by Gasteiger charge is -2.35. The summed E-state index contributed by atoms with van der Waals surface area (Å²) in [6.07, 6.45) is 4.67. The Kier molecular flexibility index (Phi) is 15.7. The zero-order valence-electron chi connectivity index (χ0n) is 40.4. The van der Waals surface area contributed by atoms with Crippen molar-refractivity contribution in [3.8, 4) is 44.7 Å². The van der Waals surface area contributed by atoms with E-state index in [-0.39, 0.29) is 43.6 Å². The van der Waals surface area contributed by atoms with Crippen LogP contribution in [0.2, 0.25) is 10.0 Å². The Bertz CT molecular complexity index is 2860. The van der Waals surface area contributed by atoms with Gasteiger partial charge in [-0.05, 0) is 105 Å². The number of carboxylic acids is 1. The van der Waals surface area contributed by atoms with Gasteiger partial charge in [0.2, 0.25) is 12.0 Å². The number of likely N-dealkylation sites (N-methyl/N-ethyl adjacent to an activating group) is 1. The maximum absolute atomic E-state index is 14.4. The van der Waals surface area contributed by atoms with Gasteiger partial charge in [0.1, 0.15) is 59.7 Å². The van der Waals surface area contributed by atoms with Crippen LogP contribution in [0.1, 0.15) is 59.8 Å². The Hall–Kier alpha value is -5.24. The maximum atomic E-state index is 14.4. The smallest absolute Gasteiger partial charge is 0.345 e. The summed E-state index contributed by atoms with van der Waals surface area (Å²) < 4.78 is 58.4. The highest BCUT2D eigenvalue weighted by atomic mass is 35.5. The molecule has 19 heteroatoms. The number of thiophene rings is 1. The van der Waals surface area contributed by atoms with Crippen molar-refractivity contribution in [2.45, 2.75) is 82.9 Å². The van der Waals surface area contributed by atoms with Gasteiger partial charge < -0.3 is 43.2 Å². The van der Waals surface area contributed by atoms with Crippen molar-refractivity contribution in [1.82, 2.24) is 29.7 Å². The molecule has 1 unspecified atom stereocenters. The Labute approximate surface area is 431 Å². The van der Waals surface area contributed by atoms with E-state index >= 15 is 0 Å². The van der Waals surface area contributed by atoms with E-state index < -0.39 is 24.0 Å². The van der Waals surface area contributed by atoms with Crippen LogP contribution in [0.4, 0.5) is 4.39 Å². The van der Waals surface area contributed by atoms with Gasteiger partial charge >= 0.3 is 5.97 Å². The minimum atomic E-state index is -1.46. The molecule has 3 atom stereocenters. The van der Waals surface area contributed by atoms with Gasteiger partial charge in [0.15, 0.2) is 5.75 Å². The number of piperazine rings is 1. The van der Waals surface area contributed by atoms with Crippen molar-refractivity contribution >= 4 is 50.7 Å². The van der Waals surface area contributed by atoms with Crippen LogP contribution >= 0.6 is 34.5 Å². The van der Waals surface area contributed by atoms with Crippen LogP contribution < -0.4 is 18.9 Å². The first-order valence-corrected chi connectivity index (χ1v) is 26.0. The summed E-state index contributed by atoms with van der Waals surface area (Å²) in [5.74, 6) is 0.559. The molecule has 11 rings (SSSR count). The molecule has 3 aromatic carbocycles. The van der Waals surface area contributed by atoms with Crippen LogP contribution in [0.3, 0.4) is 0 Å². The predicted octanol–water partition coefficient (Wildman–Crippen LogP) is 9.38. The summed E-state index contributed by atoms with van der Waals surface area (Å²) >= 11 is 16.0. The van der Waals surface area contributed by atoms with Gasteiger partial charge in [-0.3, -0.25) is 4.90 Å². The fourth-order valence-corrected chi connectivity index (χ4v) is 11.6. The van der Waals surface area contributed by atoms with Crippen LogP contribution in [-0.4, -0.2) is 138 Å². The van der Waals surface area contributed by atoms with Crippen LogP contribution in [0, 0.1) is 19.7 Å². The summed E-state index contributed by atoms with van der Waals surface area (Å²) in [6.45, 7) is 10.3. The third-order valence-electron chi connectivity index (χ3n) is 13.9. The fourth-order valence-electron chi connectivity index (χ4n) is 9.92. The molecule has 4 aliphatic heterocycles. The predicted molar refractivity (Wildman–Crippen MR) is 272 cm³/mol. The van der Waals surface area contributed by atoms with Gasteiger partial charge in [0.25, 0.3) is 0 Å². The zero-order chi connectivity index (χ0) is 49.9. The number of nitrogens with zero attached hydrogens (tertiary/aromatic N) is 6. The molecule has 380 valence electrons. The Morgan fingerprint density at radius 2 is 1.68 bits per heavy atom. The molecule has 1 N–H and O–H groups in total. The van der Waals surface area contributed by atoms with E-state index in [1.807, 2.05) is 19.9 Å². The molecule has 3 aromatic heterocycles. The van der Waals surface area contributed by atoms with Gasteiger partial charge in [-0.15, -0.1) is 11.3 Å². The van der Waals surface area contributed by atoms with E-state index in [0.29, 0.717) is 114 Å². The third kappa shape index (κ3) is 11.3. The second-order valence-corrected chi connectivity index (χ2v) is 20.7. The molecule has 6 aromatic rings.